The SMILES string of the molecule is O=C(CN1C(=O)C(=Cc2ccccc2F)SC1=S)Nc1nc2ccccc2s1. The highest BCUT2D eigenvalue weighted by Gasteiger charge is 2.33. The number of amides is 2. The highest BCUT2D eigenvalue weighted by atomic mass is 32.2. The van der Waals surface area contributed by atoms with Crippen molar-refractivity contribution in [3.05, 3.63) is 64.8 Å². The van der Waals surface area contributed by atoms with Crippen molar-refractivity contribution in [2.45, 2.75) is 0 Å². The van der Waals surface area contributed by atoms with Gasteiger partial charge >= 0.3 is 0 Å². The molecule has 2 amide bonds. The molecule has 5 nitrogen and oxygen atoms in total. The number of thiocarbonyl (C=S) groups is 1. The third-order valence-corrected chi connectivity index (χ3v) is 6.24. The molecule has 1 aromatic heterocycles. The van der Waals surface area contributed by atoms with Gasteiger partial charge in [-0.1, -0.05) is 65.6 Å². The first-order chi connectivity index (χ1) is 13.5. The Hall–Kier alpha value is -2.62. The van der Waals surface area contributed by atoms with Gasteiger partial charge in [0.1, 0.15) is 16.7 Å². The fourth-order valence-corrected chi connectivity index (χ4v) is 4.73. The van der Waals surface area contributed by atoms with Crippen LogP contribution in [0.15, 0.2) is 53.4 Å². The normalized spacial score (nSPS) is 15.6. The van der Waals surface area contributed by atoms with Crippen molar-refractivity contribution in [2.75, 3.05) is 11.9 Å². The molecule has 0 atom stereocenters. The van der Waals surface area contributed by atoms with Crippen molar-refractivity contribution in [1.82, 2.24) is 9.88 Å². The number of nitrogens with one attached hydrogen (secondary N) is 1. The van der Waals surface area contributed by atoms with Crippen molar-refractivity contribution in [1.29, 1.82) is 0 Å². The van der Waals surface area contributed by atoms with Crippen LogP contribution in [0.1, 0.15) is 5.56 Å². The van der Waals surface area contributed by atoms with Crippen LogP contribution in [0, 0.1) is 5.82 Å². The van der Waals surface area contributed by atoms with Crippen LogP contribution in [-0.2, 0) is 9.59 Å². The Labute approximate surface area is 173 Å². The molecule has 1 aliphatic heterocycles. The topological polar surface area (TPSA) is 62.3 Å². The Balaban J connectivity index is 1.47. The molecule has 1 aliphatic rings. The molecule has 4 rings (SSSR count). The molecule has 2 heterocycles. The summed E-state index contributed by atoms with van der Waals surface area (Å²) < 4.78 is 15.0. The quantitative estimate of drug-likeness (QED) is 0.496. The molecular weight excluding hydrogens is 417 g/mol. The van der Waals surface area contributed by atoms with E-state index in [0.717, 1.165) is 22.0 Å². The number of hydrogen-bond acceptors (Lipinski definition) is 6. The maximum atomic E-state index is 13.8. The number of aromatic nitrogens is 1. The van der Waals surface area contributed by atoms with Crippen LogP contribution in [0.4, 0.5) is 9.52 Å². The number of hydrogen-bond donors (Lipinski definition) is 1. The van der Waals surface area contributed by atoms with Crippen LogP contribution >= 0.6 is 35.3 Å². The Morgan fingerprint density at radius 2 is 1.96 bits per heavy atom. The van der Waals surface area contributed by atoms with Crippen LogP contribution in [0.3, 0.4) is 0 Å². The van der Waals surface area contributed by atoms with Crippen molar-refractivity contribution >= 4 is 72.9 Å². The number of fused-ring (bicyclic) bond motifs is 1. The molecule has 0 spiro atoms. The van der Waals surface area contributed by atoms with Crippen molar-refractivity contribution in [2.24, 2.45) is 0 Å². The molecule has 0 unspecified atom stereocenters. The molecule has 0 radical (unpaired) electrons. The number of anilines is 1. The van der Waals surface area contributed by atoms with Crippen molar-refractivity contribution < 1.29 is 14.0 Å². The van der Waals surface area contributed by atoms with Gasteiger partial charge < -0.3 is 5.32 Å². The minimum atomic E-state index is -0.429. The van der Waals surface area contributed by atoms with Gasteiger partial charge in [0.25, 0.3) is 5.91 Å². The van der Waals surface area contributed by atoms with E-state index in [4.69, 9.17) is 12.2 Å². The first-order valence-corrected chi connectivity index (χ1v) is 10.2. The van der Waals surface area contributed by atoms with Crippen LogP contribution in [-0.4, -0.2) is 32.6 Å². The number of halogens is 1. The van der Waals surface area contributed by atoms with E-state index in [1.165, 1.54) is 28.4 Å². The molecule has 0 aliphatic carbocycles. The lowest BCUT2D eigenvalue weighted by atomic mass is 10.2. The minimum Gasteiger partial charge on any atom is -0.300 e. The second-order valence-electron chi connectivity index (χ2n) is 5.82. The van der Waals surface area contributed by atoms with E-state index in [0.29, 0.717) is 10.7 Å². The van der Waals surface area contributed by atoms with Crippen molar-refractivity contribution in [3.8, 4) is 0 Å². The smallest absolute Gasteiger partial charge is 0.266 e. The minimum absolute atomic E-state index is 0.227. The number of thiazole rings is 1. The van der Waals surface area contributed by atoms with Gasteiger partial charge in [0.2, 0.25) is 5.91 Å². The number of nitrogens with zero attached hydrogens (tertiary/aromatic N) is 2. The number of carbonyl (C=O) groups is 2. The molecule has 140 valence electrons. The standard InChI is InChI=1S/C19H12FN3O2S3/c20-12-6-2-1-5-11(12)9-15-17(25)23(19(26)28-15)10-16(24)22-18-21-13-7-3-4-8-14(13)27-18/h1-9H,10H2,(H,21,22,24). The van der Waals surface area contributed by atoms with Gasteiger partial charge in [-0.05, 0) is 24.3 Å². The van der Waals surface area contributed by atoms with Crippen LogP contribution in [0.2, 0.25) is 0 Å². The maximum absolute atomic E-state index is 13.8. The molecule has 1 fully saturated rings. The Morgan fingerprint density at radius 1 is 1.21 bits per heavy atom. The first kappa shape index (κ1) is 18.7. The lowest BCUT2D eigenvalue weighted by Gasteiger charge is -2.13. The molecule has 1 saturated heterocycles. The van der Waals surface area contributed by atoms with Crippen LogP contribution < -0.4 is 5.32 Å². The Morgan fingerprint density at radius 3 is 2.75 bits per heavy atom. The van der Waals surface area contributed by atoms with Gasteiger partial charge in [-0.2, -0.15) is 0 Å². The largest absolute Gasteiger partial charge is 0.300 e. The summed E-state index contributed by atoms with van der Waals surface area (Å²) in [7, 11) is 0. The maximum Gasteiger partial charge on any atom is 0.266 e. The summed E-state index contributed by atoms with van der Waals surface area (Å²) in [4.78, 5) is 30.8. The summed E-state index contributed by atoms with van der Waals surface area (Å²) in [5.41, 5.74) is 1.09. The Kier molecular flexibility index (Phi) is 5.21. The molecule has 0 saturated carbocycles. The zero-order chi connectivity index (χ0) is 19.7. The monoisotopic (exact) mass is 429 g/mol. The fraction of sp³-hybridized carbons (Fsp3) is 0.0526. The lowest BCUT2D eigenvalue weighted by molar-refractivity contribution is -0.126. The molecular formula is C19H12FN3O2S3. The van der Waals surface area contributed by atoms with Gasteiger partial charge in [0.15, 0.2) is 5.13 Å². The van der Waals surface area contributed by atoms with E-state index in [9.17, 15) is 14.0 Å². The summed E-state index contributed by atoms with van der Waals surface area (Å²) in [6, 6.07) is 13.7. The molecule has 0 bridgehead atoms. The molecule has 2 aromatic carbocycles. The second kappa shape index (κ2) is 7.78. The van der Waals surface area contributed by atoms with Gasteiger partial charge in [-0.15, -0.1) is 0 Å². The zero-order valence-corrected chi connectivity index (χ0v) is 16.7. The lowest BCUT2D eigenvalue weighted by Crippen LogP contribution is -2.36. The Bertz CT molecular complexity index is 1110. The van der Waals surface area contributed by atoms with Crippen molar-refractivity contribution in [3.63, 3.8) is 0 Å². The number of carbonyl (C=O) groups excluding carboxylic acids is 2. The summed E-state index contributed by atoms with van der Waals surface area (Å²) in [6.45, 7) is -0.227. The zero-order valence-electron chi connectivity index (χ0n) is 14.2. The number of rotatable bonds is 4. The van der Waals surface area contributed by atoms with Gasteiger partial charge in [0.05, 0.1) is 15.1 Å². The number of benzene rings is 2. The number of thioether (sulfide) groups is 1. The van der Waals surface area contributed by atoms with E-state index in [1.807, 2.05) is 24.3 Å². The summed E-state index contributed by atoms with van der Waals surface area (Å²) in [6.07, 6.45) is 1.44. The van der Waals surface area contributed by atoms with E-state index in [-0.39, 0.29) is 15.8 Å². The average molecular weight is 430 g/mol. The molecule has 1 N–H and O–H groups in total. The summed E-state index contributed by atoms with van der Waals surface area (Å²) in [5.74, 6) is -1.25. The average Bonchev–Trinajstić information content (AvgIpc) is 3.19. The molecule has 3 aromatic rings. The highest BCUT2D eigenvalue weighted by molar-refractivity contribution is 8.26. The van der Waals surface area contributed by atoms with Gasteiger partial charge in [-0.25, -0.2) is 9.37 Å². The van der Waals surface area contributed by atoms with E-state index in [2.05, 4.69) is 10.3 Å². The highest BCUT2D eigenvalue weighted by Crippen LogP contribution is 2.33. The first-order valence-electron chi connectivity index (χ1n) is 8.16. The van der Waals surface area contributed by atoms with Crippen LogP contribution in [0.25, 0.3) is 16.3 Å². The third kappa shape index (κ3) is 3.82. The predicted octanol–water partition coefficient (Wildman–Crippen LogP) is 4.28. The molecule has 9 heteroatoms. The summed E-state index contributed by atoms with van der Waals surface area (Å²) >= 11 is 7.62. The second-order valence-corrected chi connectivity index (χ2v) is 8.53. The van der Waals surface area contributed by atoms with E-state index >= 15 is 0 Å². The fourth-order valence-electron chi connectivity index (χ4n) is 2.60. The van der Waals surface area contributed by atoms with Gasteiger partial charge in [0, 0.05) is 5.56 Å². The van der Waals surface area contributed by atoms with Crippen LogP contribution in [0.5, 0.6) is 0 Å². The third-order valence-electron chi connectivity index (χ3n) is 3.91. The predicted molar refractivity (Wildman–Crippen MR) is 115 cm³/mol. The van der Waals surface area contributed by atoms with Gasteiger partial charge in [-0.3, -0.25) is 14.5 Å². The number of para-hydroxylation sites is 1. The summed E-state index contributed by atoms with van der Waals surface area (Å²) in [5, 5.41) is 3.16. The van der Waals surface area contributed by atoms with E-state index in [1.54, 1.807) is 18.2 Å². The van der Waals surface area contributed by atoms with E-state index < -0.39 is 17.6 Å². The molecule has 28 heavy (non-hydrogen) atoms.